The van der Waals surface area contributed by atoms with Crippen LogP contribution in [0.1, 0.15) is 40.6 Å². The zero-order valence-electron chi connectivity index (χ0n) is 14.7. The zero-order valence-corrected chi connectivity index (χ0v) is 15.5. The molecule has 1 aromatic heterocycles. The van der Waals surface area contributed by atoms with E-state index in [0.717, 1.165) is 36.1 Å². The number of nitrogens with two attached hydrogens (primary N) is 1. The minimum atomic E-state index is -0.994. The molecular weight excluding hydrogens is 370 g/mol. The van der Waals surface area contributed by atoms with Crippen molar-refractivity contribution in [2.75, 3.05) is 5.32 Å². The molecule has 0 spiro atoms. The van der Waals surface area contributed by atoms with E-state index in [2.05, 4.69) is 5.32 Å². The smallest absolute Gasteiger partial charge is 0.310 e. The fourth-order valence-electron chi connectivity index (χ4n) is 3.08. The van der Waals surface area contributed by atoms with Crippen LogP contribution in [0.25, 0.3) is 0 Å². The van der Waals surface area contributed by atoms with Gasteiger partial charge in [0, 0.05) is 10.9 Å². The Labute approximate surface area is 159 Å². The number of fused-ring (bicyclic) bond motifs is 1. The first-order valence-electron chi connectivity index (χ1n) is 8.53. The van der Waals surface area contributed by atoms with E-state index in [1.807, 2.05) is 0 Å². The third-order valence-corrected chi connectivity index (χ3v) is 5.60. The molecule has 2 aromatic rings. The van der Waals surface area contributed by atoms with Crippen LogP contribution in [0.3, 0.4) is 0 Å². The summed E-state index contributed by atoms with van der Waals surface area (Å²) in [6.07, 6.45) is 2.65. The number of anilines is 1. The number of amides is 2. The second kappa shape index (κ2) is 7.75. The number of aryl methyl sites for hydroxylation is 1. The van der Waals surface area contributed by atoms with E-state index in [0.29, 0.717) is 10.6 Å². The summed E-state index contributed by atoms with van der Waals surface area (Å²) in [6, 6.07) is 5.84. The van der Waals surface area contributed by atoms with Gasteiger partial charge in [0.1, 0.15) is 5.00 Å². The maximum Gasteiger partial charge on any atom is 0.310 e. The number of nitro benzene ring substituents is 1. The van der Waals surface area contributed by atoms with Gasteiger partial charge in [-0.3, -0.25) is 19.7 Å². The highest BCUT2D eigenvalue weighted by atomic mass is 32.1. The van der Waals surface area contributed by atoms with Crippen molar-refractivity contribution in [1.82, 2.24) is 0 Å². The number of ether oxygens (including phenoxy) is 1. The third-order valence-electron chi connectivity index (χ3n) is 4.39. The number of primary amides is 1. The number of para-hydroxylation sites is 2. The Bertz CT molecular complexity index is 908. The first-order valence-corrected chi connectivity index (χ1v) is 9.35. The lowest BCUT2D eigenvalue weighted by Crippen LogP contribution is -2.31. The molecule has 3 N–H and O–H groups in total. The minimum Gasteiger partial charge on any atom is -0.474 e. The lowest BCUT2D eigenvalue weighted by atomic mass is 9.95. The van der Waals surface area contributed by atoms with Crippen molar-refractivity contribution < 1.29 is 19.2 Å². The van der Waals surface area contributed by atoms with Crippen molar-refractivity contribution in [3.8, 4) is 5.75 Å². The second-order valence-electron chi connectivity index (χ2n) is 6.25. The topological polar surface area (TPSA) is 125 Å². The summed E-state index contributed by atoms with van der Waals surface area (Å²) in [7, 11) is 0. The number of hydrogen-bond acceptors (Lipinski definition) is 6. The number of carbonyl (C=O) groups excluding carboxylic acids is 2. The number of nitro groups is 1. The number of nitrogens with zero attached hydrogens (tertiary/aromatic N) is 1. The van der Waals surface area contributed by atoms with Crippen LogP contribution in [0.5, 0.6) is 5.75 Å². The molecule has 0 saturated heterocycles. The lowest BCUT2D eigenvalue weighted by Gasteiger charge is -2.14. The van der Waals surface area contributed by atoms with Crippen LogP contribution in [0.15, 0.2) is 24.3 Å². The van der Waals surface area contributed by atoms with E-state index in [4.69, 9.17) is 10.5 Å². The lowest BCUT2D eigenvalue weighted by molar-refractivity contribution is -0.386. The standard InChI is InChI=1S/C18H19N3O5S/c1-10(26-13-8-4-3-7-12(13)21(24)25)17(23)20-18-15(16(19)22)11-6-2-5-9-14(11)27-18/h3-4,7-8,10H,2,5-6,9H2,1H3,(H2,19,22)(H,20,23)/t10-/m0/s1. The molecule has 2 amide bonds. The number of thiophene rings is 1. The van der Waals surface area contributed by atoms with Crippen LogP contribution in [-0.4, -0.2) is 22.8 Å². The molecule has 0 unspecified atom stereocenters. The molecular formula is C18H19N3O5S. The van der Waals surface area contributed by atoms with Crippen LogP contribution in [0, 0.1) is 10.1 Å². The fourth-order valence-corrected chi connectivity index (χ4v) is 4.38. The second-order valence-corrected chi connectivity index (χ2v) is 7.36. The predicted octanol–water partition coefficient (Wildman–Crippen LogP) is 3.04. The molecule has 8 nitrogen and oxygen atoms in total. The molecule has 27 heavy (non-hydrogen) atoms. The molecule has 142 valence electrons. The normalized spacial score (nSPS) is 14.1. The summed E-state index contributed by atoms with van der Waals surface area (Å²) in [6.45, 7) is 1.49. The van der Waals surface area contributed by atoms with Crippen molar-refractivity contribution >= 4 is 33.8 Å². The maximum absolute atomic E-state index is 12.5. The molecule has 0 saturated carbocycles. The van der Waals surface area contributed by atoms with Crippen LogP contribution in [0.4, 0.5) is 10.7 Å². The SMILES string of the molecule is C[C@H](Oc1ccccc1[N+](=O)[O-])C(=O)Nc1sc2c(c1C(N)=O)CCCC2. The average Bonchev–Trinajstić information content (AvgIpc) is 2.99. The Balaban J connectivity index is 1.79. The Hall–Kier alpha value is -2.94. The summed E-state index contributed by atoms with van der Waals surface area (Å²) in [4.78, 5) is 36.0. The van der Waals surface area contributed by atoms with E-state index in [-0.39, 0.29) is 11.4 Å². The van der Waals surface area contributed by atoms with Crippen molar-refractivity contribution in [2.24, 2.45) is 5.73 Å². The summed E-state index contributed by atoms with van der Waals surface area (Å²) in [5.41, 5.74) is 6.58. The monoisotopic (exact) mass is 389 g/mol. The van der Waals surface area contributed by atoms with Crippen molar-refractivity contribution in [1.29, 1.82) is 0 Å². The summed E-state index contributed by atoms with van der Waals surface area (Å²) >= 11 is 1.35. The van der Waals surface area contributed by atoms with Gasteiger partial charge in [-0.2, -0.15) is 0 Å². The van der Waals surface area contributed by atoms with Gasteiger partial charge in [0.25, 0.3) is 11.8 Å². The molecule has 1 heterocycles. The van der Waals surface area contributed by atoms with Gasteiger partial charge in [0.2, 0.25) is 0 Å². The Kier molecular flexibility index (Phi) is 5.41. The van der Waals surface area contributed by atoms with E-state index in [1.54, 1.807) is 6.07 Å². The zero-order chi connectivity index (χ0) is 19.6. The summed E-state index contributed by atoms with van der Waals surface area (Å²) < 4.78 is 5.48. The highest BCUT2D eigenvalue weighted by molar-refractivity contribution is 7.17. The minimum absolute atomic E-state index is 0.00532. The number of hydrogen-bond donors (Lipinski definition) is 2. The number of rotatable bonds is 6. The van der Waals surface area contributed by atoms with Gasteiger partial charge >= 0.3 is 5.69 Å². The van der Waals surface area contributed by atoms with Gasteiger partial charge in [-0.15, -0.1) is 11.3 Å². The fraction of sp³-hybridized carbons (Fsp3) is 0.333. The molecule has 3 rings (SSSR count). The van der Waals surface area contributed by atoms with Gasteiger partial charge in [-0.1, -0.05) is 12.1 Å². The average molecular weight is 389 g/mol. The molecule has 1 aliphatic carbocycles. The number of nitrogens with one attached hydrogen (secondary N) is 1. The highest BCUT2D eigenvalue weighted by Crippen LogP contribution is 2.38. The van der Waals surface area contributed by atoms with Crippen LogP contribution in [-0.2, 0) is 17.6 Å². The van der Waals surface area contributed by atoms with E-state index < -0.39 is 22.8 Å². The van der Waals surface area contributed by atoms with Gasteiger partial charge in [0.05, 0.1) is 10.5 Å². The number of benzene rings is 1. The Morgan fingerprint density at radius 1 is 1.30 bits per heavy atom. The first kappa shape index (κ1) is 18.8. The molecule has 0 radical (unpaired) electrons. The first-order chi connectivity index (χ1) is 12.9. The predicted molar refractivity (Wildman–Crippen MR) is 101 cm³/mol. The van der Waals surface area contributed by atoms with Crippen molar-refractivity contribution in [3.63, 3.8) is 0 Å². The largest absolute Gasteiger partial charge is 0.474 e. The Morgan fingerprint density at radius 3 is 2.70 bits per heavy atom. The van der Waals surface area contributed by atoms with Crippen LogP contribution in [0.2, 0.25) is 0 Å². The molecule has 1 aliphatic rings. The van der Waals surface area contributed by atoms with Crippen LogP contribution >= 0.6 is 11.3 Å². The van der Waals surface area contributed by atoms with Gasteiger partial charge in [0.15, 0.2) is 11.9 Å². The molecule has 9 heteroatoms. The Morgan fingerprint density at radius 2 is 2.00 bits per heavy atom. The van der Waals surface area contributed by atoms with Gasteiger partial charge in [-0.25, -0.2) is 0 Å². The van der Waals surface area contributed by atoms with Gasteiger partial charge < -0.3 is 15.8 Å². The molecule has 1 atom stereocenters. The van der Waals surface area contributed by atoms with Crippen molar-refractivity contribution in [2.45, 2.75) is 38.7 Å². The summed E-state index contributed by atoms with van der Waals surface area (Å²) in [5.74, 6) is -1.07. The van der Waals surface area contributed by atoms with Crippen LogP contribution < -0.4 is 15.8 Å². The summed E-state index contributed by atoms with van der Waals surface area (Å²) in [5, 5.41) is 14.2. The highest BCUT2D eigenvalue weighted by Gasteiger charge is 2.27. The molecule has 0 fully saturated rings. The molecule has 0 aliphatic heterocycles. The molecule has 1 aromatic carbocycles. The van der Waals surface area contributed by atoms with E-state index in [1.165, 1.54) is 36.5 Å². The van der Waals surface area contributed by atoms with E-state index >= 15 is 0 Å². The third kappa shape index (κ3) is 3.92. The van der Waals surface area contributed by atoms with Crippen molar-refractivity contribution in [3.05, 3.63) is 50.4 Å². The maximum atomic E-state index is 12.5. The molecule has 0 bridgehead atoms. The van der Waals surface area contributed by atoms with Gasteiger partial charge in [-0.05, 0) is 44.2 Å². The van der Waals surface area contributed by atoms with E-state index in [9.17, 15) is 19.7 Å². The quantitative estimate of drug-likeness (QED) is 0.580. The number of carbonyl (C=O) groups is 2.